The summed E-state index contributed by atoms with van der Waals surface area (Å²) in [5.74, 6) is -0.273. The van der Waals surface area contributed by atoms with E-state index in [4.69, 9.17) is 0 Å². The summed E-state index contributed by atoms with van der Waals surface area (Å²) in [6.07, 6.45) is 8.02. The lowest BCUT2D eigenvalue weighted by Gasteiger charge is -2.21. The van der Waals surface area contributed by atoms with E-state index in [0.717, 1.165) is 29.4 Å². The molecule has 2 rings (SSSR count). The van der Waals surface area contributed by atoms with E-state index in [9.17, 15) is 9.59 Å². The molecular formula is C18H23BrN2O2. The minimum Gasteiger partial charge on any atom is -0.354 e. The molecule has 0 atom stereocenters. The highest BCUT2D eigenvalue weighted by molar-refractivity contribution is 9.10. The molecule has 0 saturated carbocycles. The summed E-state index contributed by atoms with van der Waals surface area (Å²) in [6.45, 7) is 2.15. The SMILES string of the molecule is CC(=O)N(CC(=O)NCCC1=CCCCC1)c1cccc(Br)c1. The minimum atomic E-state index is -0.145. The molecular weight excluding hydrogens is 356 g/mol. The number of allylic oxidation sites excluding steroid dienone is 1. The summed E-state index contributed by atoms with van der Waals surface area (Å²) in [7, 11) is 0. The molecule has 1 aliphatic rings. The zero-order chi connectivity index (χ0) is 16.7. The molecule has 4 nitrogen and oxygen atoms in total. The predicted molar refractivity (Wildman–Crippen MR) is 96.3 cm³/mol. The number of hydrogen-bond donors (Lipinski definition) is 1. The summed E-state index contributed by atoms with van der Waals surface area (Å²) in [5, 5.41) is 2.91. The standard InChI is InChI=1S/C18H23BrN2O2/c1-14(22)21(17-9-5-8-16(19)12-17)13-18(23)20-11-10-15-6-3-2-4-7-15/h5-6,8-9,12H,2-4,7,10-11,13H2,1H3,(H,20,23). The number of anilines is 1. The van der Waals surface area contributed by atoms with Crippen molar-refractivity contribution in [2.45, 2.75) is 39.0 Å². The number of nitrogens with one attached hydrogen (secondary N) is 1. The molecule has 1 N–H and O–H groups in total. The first-order valence-corrected chi connectivity index (χ1v) is 8.84. The molecule has 2 amide bonds. The Bertz CT molecular complexity index is 598. The zero-order valence-electron chi connectivity index (χ0n) is 13.5. The summed E-state index contributed by atoms with van der Waals surface area (Å²) in [5.41, 5.74) is 2.16. The van der Waals surface area contributed by atoms with Crippen molar-refractivity contribution in [3.63, 3.8) is 0 Å². The number of hydrogen-bond acceptors (Lipinski definition) is 2. The van der Waals surface area contributed by atoms with Crippen LogP contribution in [0.2, 0.25) is 0 Å². The van der Waals surface area contributed by atoms with Crippen LogP contribution < -0.4 is 10.2 Å². The van der Waals surface area contributed by atoms with Crippen molar-refractivity contribution in [1.82, 2.24) is 5.32 Å². The van der Waals surface area contributed by atoms with Gasteiger partial charge in [-0.15, -0.1) is 0 Å². The minimum absolute atomic E-state index is 0.0465. The maximum absolute atomic E-state index is 12.1. The number of amides is 2. The van der Waals surface area contributed by atoms with Crippen molar-refractivity contribution in [3.8, 4) is 0 Å². The van der Waals surface area contributed by atoms with Gasteiger partial charge in [0, 0.05) is 23.6 Å². The maximum atomic E-state index is 12.1. The monoisotopic (exact) mass is 378 g/mol. The maximum Gasteiger partial charge on any atom is 0.240 e. The van der Waals surface area contributed by atoms with Crippen LogP contribution in [0.25, 0.3) is 0 Å². The van der Waals surface area contributed by atoms with Crippen LogP contribution in [0.3, 0.4) is 0 Å². The van der Waals surface area contributed by atoms with E-state index in [-0.39, 0.29) is 18.4 Å². The summed E-state index contributed by atoms with van der Waals surface area (Å²) in [6, 6.07) is 7.40. The molecule has 0 radical (unpaired) electrons. The average molecular weight is 379 g/mol. The van der Waals surface area contributed by atoms with Gasteiger partial charge in [-0.1, -0.05) is 33.6 Å². The second kappa shape index (κ2) is 8.87. The van der Waals surface area contributed by atoms with E-state index in [2.05, 4.69) is 27.3 Å². The summed E-state index contributed by atoms with van der Waals surface area (Å²) < 4.78 is 0.880. The van der Waals surface area contributed by atoms with Crippen molar-refractivity contribution in [1.29, 1.82) is 0 Å². The van der Waals surface area contributed by atoms with Gasteiger partial charge in [0.05, 0.1) is 0 Å². The largest absolute Gasteiger partial charge is 0.354 e. The fourth-order valence-electron chi connectivity index (χ4n) is 2.72. The molecule has 0 heterocycles. The van der Waals surface area contributed by atoms with Crippen molar-refractivity contribution < 1.29 is 9.59 Å². The van der Waals surface area contributed by atoms with E-state index in [1.54, 1.807) is 0 Å². The van der Waals surface area contributed by atoms with Gasteiger partial charge < -0.3 is 10.2 Å². The van der Waals surface area contributed by atoms with Crippen LogP contribution in [-0.2, 0) is 9.59 Å². The summed E-state index contributed by atoms with van der Waals surface area (Å²) in [4.78, 5) is 25.4. The van der Waals surface area contributed by atoms with Gasteiger partial charge in [0.15, 0.2) is 0 Å². The van der Waals surface area contributed by atoms with Crippen LogP contribution in [0, 0.1) is 0 Å². The number of benzene rings is 1. The van der Waals surface area contributed by atoms with E-state index in [1.165, 1.54) is 30.2 Å². The fourth-order valence-corrected chi connectivity index (χ4v) is 3.11. The summed E-state index contributed by atoms with van der Waals surface area (Å²) >= 11 is 3.39. The van der Waals surface area contributed by atoms with E-state index in [1.807, 2.05) is 24.3 Å². The van der Waals surface area contributed by atoms with Crippen molar-refractivity contribution >= 4 is 33.4 Å². The Kier molecular flexibility index (Phi) is 6.84. The van der Waals surface area contributed by atoms with Gasteiger partial charge >= 0.3 is 0 Å². The number of nitrogens with zero attached hydrogens (tertiary/aromatic N) is 1. The van der Waals surface area contributed by atoms with Gasteiger partial charge in [0.25, 0.3) is 0 Å². The van der Waals surface area contributed by atoms with E-state index in [0.29, 0.717) is 6.54 Å². The van der Waals surface area contributed by atoms with E-state index < -0.39 is 0 Å². The highest BCUT2D eigenvalue weighted by Crippen LogP contribution is 2.20. The van der Waals surface area contributed by atoms with Crippen LogP contribution in [0.5, 0.6) is 0 Å². The molecule has 0 unspecified atom stereocenters. The first-order chi connectivity index (χ1) is 11.1. The molecule has 124 valence electrons. The third-order valence-corrected chi connectivity index (χ3v) is 4.45. The lowest BCUT2D eigenvalue weighted by atomic mass is 9.97. The van der Waals surface area contributed by atoms with Crippen LogP contribution in [0.1, 0.15) is 39.0 Å². The molecule has 5 heteroatoms. The number of halogens is 1. The zero-order valence-corrected chi connectivity index (χ0v) is 15.1. The van der Waals surface area contributed by atoms with Crippen LogP contribution in [0.15, 0.2) is 40.4 Å². The Balaban J connectivity index is 1.86. The molecule has 0 bridgehead atoms. The van der Waals surface area contributed by atoms with Crippen molar-refractivity contribution in [2.75, 3.05) is 18.0 Å². The molecule has 0 fully saturated rings. The van der Waals surface area contributed by atoms with E-state index >= 15 is 0 Å². The molecule has 23 heavy (non-hydrogen) atoms. The third-order valence-electron chi connectivity index (χ3n) is 3.96. The average Bonchev–Trinajstić information content (AvgIpc) is 2.53. The lowest BCUT2D eigenvalue weighted by molar-refractivity contribution is -0.123. The molecule has 0 aromatic heterocycles. The fraction of sp³-hybridized carbons (Fsp3) is 0.444. The van der Waals surface area contributed by atoms with Gasteiger partial charge in [0.2, 0.25) is 11.8 Å². The molecule has 0 aliphatic heterocycles. The second-order valence-corrected chi connectivity index (χ2v) is 6.71. The Morgan fingerprint density at radius 3 is 2.78 bits per heavy atom. The quantitative estimate of drug-likeness (QED) is 0.765. The third kappa shape index (κ3) is 5.82. The molecule has 0 saturated heterocycles. The van der Waals surface area contributed by atoms with Crippen LogP contribution >= 0.6 is 15.9 Å². The second-order valence-electron chi connectivity index (χ2n) is 5.79. The van der Waals surface area contributed by atoms with Crippen molar-refractivity contribution in [3.05, 3.63) is 40.4 Å². The predicted octanol–water partition coefficient (Wildman–Crippen LogP) is 3.81. The Morgan fingerprint density at radius 2 is 2.13 bits per heavy atom. The van der Waals surface area contributed by atoms with Crippen LogP contribution in [-0.4, -0.2) is 24.9 Å². The number of carbonyl (C=O) groups is 2. The topological polar surface area (TPSA) is 49.4 Å². The molecule has 1 aromatic rings. The molecule has 0 spiro atoms. The van der Waals surface area contributed by atoms with Crippen LogP contribution in [0.4, 0.5) is 5.69 Å². The highest BCUT2D eigenvalue weighted by Gasteiger charge is 2.16. The van der Waals surface area contributed by atoms with Gasteiger partial charge in [0.1, 0.15) is 6.54 Å². The lowest BCUT2D eigenvalue weighted by Crippen LogP contribution is -2.40. The number of carbonyl (C=O) groups excluding carboxylic acids is 2. The highest BCUT2D eigenvalue weighted by atomic mass is 79.9. The Hall–Kier alpha value is -1.62. The first kappa shape index (κ1) is 17.7. The molecule has 1 aliphatic carbocycles. The van der Waals surface area contributed by atoms with Gasteiger partial charge in [-0.25, -0.2) is 0 Å². The van der Waals surface area contributed by atoms with Gasteiger partial charge in [-0.2, -0.15) is 0 Å². The first-order valence-electron chi connectivity index (χ1n) is 8.04. The normalized spacial score (nSPS) is 14.1. The Labute approximate surface area is 146 Å². The van der Waals surface area contributed by atoms with Crippen molar-refractivity contribution in [2.24, 2.45) is 0 Å². The number of rotatable bonds is 6. The Morgan fingerprint density at radius 1 is 1.30 bits per heavy atom. The van der Waals surface area contributed by atoms with Gasteiger partial charge in [-0.3, -0.25) is 9.59 Å². The smallest absolute Gasteiger partial charge is 0.240 e. The molecule has 1 aromatic carbocycles. The van der Waals surface area contributed by atoms with Gasteiger partial charge in [-0.05, 0) is 50.3 Å².